The molecule has 1 aromatic carbocycles. The Balaban J connectivity index is 1.69. The van der Waals surface area contributed by atoms with E-state index in [1.807, 2.05) is 12.1 Å². The molecule has 1 spiro atoms. The van der Waals surface area contributed by atoms with Crippen LogP contribution in [0.4, 0.5) is 5.69 Å². The van der Waals surface area contributed by atoms with Crippen molar-refractivity contribution in [3.05, 3.63) is 42.5 Å². The number of hydrogen-bond donors (Lipinski definition) is 1. The molecule has 0 aromatic heterocycles. The molecule has 2 unspecified atom stereocenters. The summed E-state index contributed by atoms with van der Waals surface area (Å²) in [7, 11) is 2.21. The van der Waals surface area contributed by atoms with Crippen LogP contribution in [0.2, 0.25) is 0 Å². The third kappa shape index (κ3) is 1.12. The van der Waals surface area contributed by atoms with Gasteiger partial charge in [-0.05, 0) is 31.0 Å². The number of amides is 1. The Hall–Kier alpha value is -1.65. The van der Waals surface area contributed by atoms with Crippen molar-refractivity contribution < 1.29 is 9.53 Å². The number of nitrogens with one attached hydrogen (secondary N) is 1. The number of anilines is 1. The molecule has 124 valence electrons. The standard InChI is InChI=1S/C20H22N2O2/c1-3-19-10-22(2)16-11-9-24-15(8-13(11)19)20(17(16)19)12-6-4-5-7-14(12)21-18(20)23/h3-7,11,13,15-17H,1,8-10H2,2H3,(H,21,23)/t11?,13-,15-,16?,17+,19+,20+/m1/s1. The molecule has 4 fully saturated rings. The lowest BCUT2D eigenvalue weighted by Crippen LogP contribution is -2.62. The molecule has 1 N–H and O–H groups in total. The van der Waals surface area contributed by atoms with Gasteiger partial charge in [0.2, 0.25) is 5.91 Å². The summed E-state index contributed by atoms with van der Waals surface area (Å²) >= 11 is 0. The number of hydrogen-bond acceptors (Lipinski definition) is 3. The molecule has 5 aliphatic rings. The lowest BCUT2D eigenvalue weighted by molar-refractivity contribution is -0.153. The number of carbonyl (C=O) groups is 1. The first kappa shape index (κ1) is 13.6. The summed E-state index contributed by atoms with van der Waals surface area (Å²) in [6.07, 6.45) is 3.17. The van der Waals surface area contributed by atoms with E-state index in [1.165, 1.54) is 0 Å². The quantitative estimate of drug-likeness (QED) is 0.805. The number of fused-ring (bicyclic) bond motifs is 5. The molecule has 1 amide bonds. The summed E-state index contributed by atoms with van der Waals surface area (Å²) in [6.45, 7) is 6.06. The van der Waals surface area contributed by atoms with Crippen molar-refractivity contribution in [1.29, 1.82) is 0 Å². The third-order valence-electron chi connectivity index (χ3n) is 7.93. The van der Waals surface area contributed by atoms with E-state index in [9.17, 15) is 4.79 Å². The summed E-state index contributed by atoms with van der Waals surface area (Å²) in [5.41, 5.74) is 1.61. The number of ether oxygens (including phenoxy) is 1. The van der Waals surface area contributed by atoms with E-state index in [4.69, 9.17) is 4.74 Å². The molecule has 4 heteroatoms. The number of piperidine rings is 1. The Morgan fingerprint density at radius 2 is 2.25 bits per heavy atom. The van der Waals surface area contributed by atoms with Gasteiger partial charge < -0.3 is 15.0 Å². The number of nitrogens with zero attached hydrogens (tertiary/aromatic N) is 1. The van der Waals surface area contributed by atoms with Crippen molar-refractivity contribution in [3.63, 3.8) is 0 Å². The summed E-state index contributed by atoms with van der Waals surface area (Å²) in [5.74, 6) is 1.56. The first-order valence-electron chi connectivity index (χ1n) is 9.01. The topological polar surface area (TPSA) is 41.6 Å². The molecule has 1 aromatic rings. The fourth-order valence-electron chi connectivity index (χ4n) is 7.38. The van der Waals surface area contributed by atoms with Gasteiger partial charge in [-0.15, -0.1) is 6.58 Å². The Bertz CT molecular complexity index is 792. The van der Waals surface area contributed by atoms with Gasteiger partial charge in [0.15, 0.2) is 0 Å². The molecule has 0 radical (unpaired) electrons. The lowest BCUT2D eigenvalue weighted by Gasteiger charge is -2.54. The van der Waals surface area contributed by atoms with Crippen LogP contribution in [0.25, 0.3) is 0 Å². The molecule has 4 nitrogen and oxygen atoms in total. The van der Waals surface area contributed by atoms with E-state index in [0.29, 0.717) is 17.9 Å². The molecule has 2 aliphatic carbocycles. The van der Waals surface area contributed by atoms with Gasteiger partial charge in [0.25, 0.3) is 0 Å². The first-order valence-corrected chi connectivity index (χ1v) is 9.01. The predicted molar refractivity (Wildman–Crippen MR) is 90.6 cm³/mol. The van der Waals surface area contributed by atoms with Crippen LogP contribution in [-0.4, -0.2) is 43.2 Å². The van der Waals surface area contributed by atoms with Crippen molar-refractivity contribution in [3.8, 4) is 0 Å². The zero-order chi connectivity index (χ0) is 16.3. The van der Waals surface area contributed by atoms with Crippen molar-refractivity contribution in [2.45, 2.75) is 24.0 Å². The van der Waals surface area contributed by atoms with Crippen LogP contribution < -0.4 is 5.32 Å². The molecule has 24 heavy (non-hydrogen) atoms. The Kier molecular flexibility index (Phi) is 2.24. The Labute approximate surface area is 141 Å². The van der Waals surface area contributed by atoms with Gasteiger partial charge in [-0.1, -0.05) is 24.3 Å². The number of likely N-dealkylation sites (tertiary alicyclic amines) is 1. The van der Waals surface area contributed by atoms with E-state index in [2.05, 4.69) is 42.1 Å². The maximum atomic E-state index is 13.4. The van der Waals surface area contributed by atoms with Crippen LogP contribution in [0.3, 0.4) is 0 Å². The van der Waals surface area contributed by atoms with E-state index < -0.39 is 5.41 Å². The molecule has 7 atom stereocenters. The zero-order valence-corrected chi connectivity index (χ0v) is 13.9. The van der Waals surface area contributed by atoms with E-state index >= 15 is 0 Å². The second-order valence-corrected chi connectivity index (χ2v) is 8.40. The fraction of sp³-hybridized carbons (Fsp3) is 0.550. The van der Waals surface area contributed by atoms with Crippen molar-refractivity contribution in [2.75, 3.05) is 25.5 Å². The summed E-state index contributed by atoms with van der Waals surface area (Å²) in [5, 5.41) is 3.18. The number of benzene rings is 1. The van der Waals surface area contributed by atoms with E-state index in [0.717, 1.165) is 30.8 Å². The highest BCUT2D eigenvalue weighted by Crippen LogP contribution is 2.73. The molecular weight excluding hydrogens is 300 g/mol. The van der Waals surface area contributed by atoms with Crippen LogP contribution in [0, 0.1) is 23.2 Å². The molecule has 3 aliphatic heterocycles. The van der Waals surface area contributed by atoms with Gasteiger partial charge in [0.1, 0.15) is 5.41 Å². The zero-order valence-electron chi connectivity index (χ0n) is 13.9. The molecule has 3 heterocycles. The second kappa shape index (κ2) is 3.94. The molecular formula is C20H22N2O2. The van der Waals surface area contributed by atoms with Crippen molar-refractivity contribution in [1.82, 2.24) is 4.90 Å². The highest BCUT2D eigenvalue weighted by atomic mass is 16.5. The van der Waals surface area contributed by atoms with E-state index in [1.54, 1.807) is 0 Å². The smallest absolute Gasteiger partial charge is 0.238 e. The van der Waals surface area contributed by atoms with Gasteiger partial charge in [0.05, 0.1) is 12.7 Å². The minimum Gasteiger partial charge on any atom is -0.376 e. The second-order valence-electron chi connectivity index (χ2n) is 8.40. The Morgan fingerprint density at radius 1 is 1.42 bits per heavy atom. The fourth-order valence-corrected chi connectivity index (χ4v) is 7.38. The molecule has 6 rings (SSSR count). The summed E-state index contributed by atoms with van der Waals surface area (Å²) in [6, 6.07) is 8.64. The third-order valence-corrected chi connectivity index (χ3v) is 7.93. The summed E-state index contributed by atoms with van der Waals surface area (Å²) < 4.78 is 6.34. The lowest BCUT2D eigenvalue weighted by atomic mass is 9.51. The highest BCUT2D eigenvalue weighted by molar-refractivity contribution is 6.07. The van der Waals surface area contributed by atoms with Gasteiger partial charge in [-0.25, -0.2) is 0 Å². The molecule has 2 saturated heterocycles. The summed E-state index contributed by atoms with van der Waals surface area (Å²) in [4.78, 5) is 15.9. The van der Waals surface area contributed by atoms with Gasteiger partial charge in [0, 0.05) is 35.5 Å². The minimum atomic E-state index is -0.554. The maximum absolute atomic E-state index is 13.4. The first-order chi connectivity index (χ1) is 11.6. The Morgan fingerprint density at radius 3 is 3.08 bits per heavy atom. The van der Waals surface area contributed by atoms with Crippen molar-refractivity contribution >= 4 is 11.6 Å². The van der Waals surface area contributed by atoms with Gasteiger partial charge in [-0.3, -0.25) is 4.79 Å². The largest absolute Gasteiger partial charge is 0.376 e. The van der Waals surface area contributed by atoms with Crippen LogP contribution >= 0.6 is 0 Å². The van der Waals surface area contributed by atoms with E-state index in [-0.39, 0.29) is 23.3 Å². The van der Waals surface area contributed by atoms with Crippen LogP contribution in [-0.2, 0) is 14.9 Å². The van der Waals surface area contributed by atoms with Gasteiger partial charge >= 0.3 is 0 Å². The maximum Gasteiger partial charge on any atom is 0.238 e. The molecule has 5 bridgehead atoms. The van der Waals surface area contributed by atoms with Crippen LogP contribution in [0.15, 0.2) is 36.9 Å². The number of para-hydroxylation sites is 1. The predicted octanol–water partition coefficient (Wildman–Crippen LogP) is 2.03. The average Bonchev–Trinajstić information content (AvgIpc) is 3.08. The molecule has 2 saturated carbocycles. The van der Waals surface area contributed by atoms with Gasteiger partial charge in [-0.2, -0.15) is 0 Å². The number of rotatable bonds is 1. The van der Waals surface area contributed by atoms with Crippen molar-refractivity contribution in [2.24, 2.45) is 23.2 Å². The minimum absolute atomic E-state index is 0.00280. The highest BCUT2D eigenvalue weighted by Gasteiger charge is 2.79. The monoisotopic (exact) mass is 322 g/mol. The average molecular weight is 322 g/mol. The van der Waals surface area contributed by atoms with Crippen LogP contribution in [0.5, 0.6) is 0 Å². The van der Waals surface area contributed by atoms with Crippen LogP contribution in [0.1, 0.15) is 12.0 Å². The number of carbonyl (C=O) groups excluding carboxylic acids is 1. The normalized spacial score (nSPS) is 50.4. The SMILES string of the molecule is C=C[C@]12CN(C)C3C4CO[C@H](C[C@H]41)[C@]1(C(=O)Nc4ccccc41)[C@@H]32.